The second-order valence-corrected chi connectivity index (χ2v) is 11.0. The van der Waals surface area contributed by atoms with Crippen molar-refractivity contribution in [3.05, 3.63) is 107 Å². The number of hydrogen-bond donors (Lipinski definition) is 0. The quantitative estimate of drug-likeness (QED) is 0.275. The zero-order valence-corrected chi connectivity index (χ0v) is 24.7. The topological polar surface area (TPSA) is 77.0 Å². The molecule has 1 aliphatic heterocycles. The number of carbonyl (C=O) groups is 1. The molecule has 0 aliphatic carbocycles. The lowest BCUT2D eigenvalue weighted by Crippen LogP contribution is -2.43. The lowest BCUT2D eigenvalue weighted by molar-refractivity contribution is -0.127. The molecule has 7 nitrogen and oxygen atoms in total. The normalized spacial score (nSPS) is 15.2. The molecule has 4 aromatic rings. The lowest BCUT2D eigenvalue weighted by atomic mass is 9.94. The first-order valence-electron chi connectivity index (χ1n) is 12.8. The van der Waals surface area contributed by atoms with Crippen molar-refractivity contribution in [2.45, 2.75) is 26.8 Å². The SMILES string of the molecule is CCN(CC)C(=O)C1=C(C)N=c2s/c(=C/c3ccc(-c4cc(Cl)ccc4Cl)o3)c(=O)n2[C@@H]1c1ccccc1OC. The third kappa shape index (κ3) is 5.03. The molecule has 0 saturated heterocycles. The predicted molar refractivity (Wildman–Crippen MR) is 159 cm³/mol. The molecule has 1 amide bonds. The summed E-state index contributed by atoms with van der Waals surface area (Å²) in [5, 5.41) is 1.04. The smallest absolute Gasteiger partial charge is 0.271 e. The highest BCUT2D eigenvalue weighted by Crippen LogP contribution is 2.36. The summed E-state index contributed by atoms with van der Waals surface area (Å²) in [5.41, 5.74) is 2.09. The lowest BCUT2D eigenvalue weighted by Gasteiger charge is -2.29. The molecule has 0 unspecified atom stereocenters. The average molecular weight is 597 g/mol. The predicted octanol–water partition coefficient (Wildman–Crippen LogP) is 5.68. The number of amides is 1. The number of hydrogen-bond acceptors (Lipinski definition) is 6. The van der Waals surface area contributed by atoms with Gasteiger partial charge in [0, 0.05) is 35.3 Å². The standard InChI is InChI=1S/C30H27Cl2N3O4S/c1-5-34(6-2)29(37)26-17(3)33-30-35(27(26)20-9-7-8-10-23(20)38-4)28(36)25(40-30)16-19-12-14-24(39-19)21-15-18(31)11-13-22(21)32/h7-16,27H,5-6H2,1-4H3/b25-16+/t27-/m1/s1. The Morgan fingerprint density at radius 2 is 1.90 bits per heavy atom. The van der Waals surface area contributed by atoms with E-state index in [1.807, 2.05) is 45.0 Å². The molecule has 40 heavy (non-hydrogen) atoms. The molecule has 0 bridgehead atoms. The summed E-state index contributed by atoms with van der Waals surface area (Å²) in [7, 11) is 1.58. The molecule has 10 heteroatoms. The van der Waals surface area contributed by atoms with Crippen molar-refractivity contribution >= 4 is 46.5 Å². The molecule has 0 spiro atoms. The Bertz CT molecular complexity index is 1810. The fourth-order valence-corrected chi connectivity index (χ4v) is 6.26. The maximum atomic E-state index is 14.0. The second-order valence-electron chi connectivity index (χ2n) is 9.13. The van der Waals surface area contributed by atoms with Gasteiger partial charge in [0.1, 0.15) is 23.3 Å². The summed E-state index contributed by atoms with van der Waals surface area (Å²) in [5.74, 6) is 1.42. The van der Waals surface area contributed by atoms with Gasteiger partial charge in [-0.2, -0.15) is 0 Å². The number of allylic oxidation sites excluding steroid dienone is 1. The van der Waals surface area contributed by atoms with Gasteiger partial charge in [-0.3, -0.25) is 14.2 Å². The molecular weight excluding hydrogens is 569 g/mol. The number of ether oxygens (including phenoxy) is 1. The van der Waals surface area contributed by atoms with Crippen LogP contribution in [0.4, 0.5) is 0 Å². The van der Waals surface area contributed by atoms with Crippen molar-refractivity contribution in [1.82, 2.24) is 9.47 Å². The maximum absolute atomic E-state index is 14.0. The Labute approximate surface area is 245 Å². The van der Waals surface area contributed by atoms with Gasteiger partial charge in [-0.1, -0.05) is 52.7 Å². The van der Waals surface area contributed by atoms with Crippen molar-refractivity contribution in [3.8, 4) is 17.1 Å². The minimum Gasteiger partial charge on any atom is -0.496 e. The summed E-state index contributed by atoms with van der Waals surface area (Å²) in [6, 6.07) is 15.4. The van der Waals surface area contributed by atoms with Crippen molar-refractivity contribution in [2.24, 2.45) is 4.99 Å². The third-order valence-electron chi connectivity index (χ3n) is 6.83. The highest BCUT2D eigenvalue weighted by Gasteiger charge is 2.35. The minimum atomic E-state index is -0.708. The van der Waals surface area contributed by atoms with E-state index in [1.165, 1.54) is 11.3 Å². The number of aromatic nitrogens is 1. The van der Waals surface area contributed by atoms with Crippen LogP contribution in [0.3, 0.4) is 0 Å². The van der Waals surface area contributed by atoms with Gasteiger partial charge in [0.05, 0.1) is 27.9 Å². The number of carbonyl (C=O) groups excluding carboxylic acids is 1. The van der Waals surface area contributed by atoms with E-state index >= 15 is 0 Å². The summed E-state index contributed by atoms with van der Waals surface area (Å²) >= 11 is 13.7. The fourth-order valence-electron chi connectivity index (χ4n) is 4.85. The number of furan rings is 1. The molecule has 206 valence electrons. The van der Waals surface area contributed by atoms with E-state index in [2.05, 4.69) is 0 Å². The highest BCUT2D eigenvalue weighted by atomic mass is 35.5. The molecule has 1 aliphatic rings. The van der Waals surface area contributed by atoms with Gasteiger partial charge in [-0.05, 0) is 57.2 Å². The summed E-state index contributed by atoms with van der Waals surface area (Å²) < 4.78 is 13.7. The Morgan fingerprint density at radius 3 is 2.62 bits per heavy atom. The molecule has 3 heterocycles. The number of nitrogens with zero attached hydrogens (tertiary/aromatic N) is 3. The van der Waals surface area contributed by atoms with E-state index in [0.29, 0.717) is 72.1 Å². The fraction of sp³-hybridized carbons (Fsp3) is 0.233. The summed E-state index contributed by atoms with van der Waals surface area (Å²) in [6.07, 6.45) is 1.68. The van der Waals surface area contributed by atoms with E-state index in [4.69, 9.17) is 37.3 Å². The van der Waals surface area contributed by atoms with E-state index in [-0.39, 0.29) is 11.5 Å². The average Bonchev–Trinajstić information content (AvgIpc) is 3.54. The van der Waals surface area contributed by atoms with E-state index in [1.54, 1.807) is 53.0 Å². The molecule has 0 radical (unpaired) electrons. The Hall–Kier alpha value is -3.59. The van der Waals surface area contributed by atoms with E-state index in [9.17, 15) is 9.59 Å². The van der Waals surface area contributed by atoms with Gasteiger partial charge in [-0.25, -0.2) is 4.99 Å². The first-order chi connectivity index (χ1) is 19.3. The number of thiazole rings is 1. The molecule has 0 fully saturated rings. The number of methoxy groups -OCH3 is 1. The van der Waals surface area contributed by atoms with Gasteiger partial charge >= 0.3 is 0 Å². The van der Waals surface area contributed by atoms with Crippen LogP contribution in [0.1, 0.15) is 38.1 Å². The molecule has 5 rings (SSSR count). The number of benzene rings is 2. The van der Waals surface area contributed by atoms with Crippen LogP contribution in [0.5, 0.6) is 5.75 Å². The summed E-state index contributed by atoms with van der Waals surface area (Å²) in [4.78, 5) is 34.7. The zero-order chi connectivity index (χ0) is 28.6. The molecule has 2 aromatic carbocycles. The molecule has 1 atom stereocenters. The van der Waals surface area contributed by atoms with E-state index in [0.717, 1.165) is 0 Å². The van der Waals surface area contributed by atoms with Crippen LogP contribution in [-0.4, -0.2) is 35.6 Å². The van der Waals surface area contributed by atoms with Gasteiger partial charge in [-0.15, -0.1) is 0 Å². The van der Waals surface area contributed by atoms with Crippen LogP contribution in [-0.2, 0) is 4.79 Å². The minimum absolute atomic E-state index is 0.162. The van der Waals surface area contributed by atoms with Gasteiger partial charge < -0.3 is 14.1 Å². The van der Waals surface area contributed by atoms with Crippen molar-refractivity contribution < 1.29 is 13.9 Å². The Morgan fingerprint density at radius 1 is 1.15 bits per heavy atom. The van der Waals surface area contributed by atoms with Gasteiger partial charge in [0.15, 0.2) is 4.80 Å². The zero-order valence-electron chi connectivity index (χ0n) is 22.4. The Kier molecular flexibility index (Phi) is 8.03. The van der Waals surface area contributed by atoms with Crippen molar-refractivity contribution in [3.63, 3.8) is 0 Å². The van der Waals surface area contributed by atoms with Crippen LogP contribution < -0.4 is 19.6 Å². The monoisotopic (exact) mass is 595 g/mol. The largest absolute Gasteiger partial charge is 0.496 e. The number of likely N-dealkylation sites (N-methyl/N-ethyl adjacent to an activating group) is 1. The van der Waals surface area contributed by atoms with Crippen LogP contribution >= 0.6 is 34.5 Å². The Balaban J connectivity index is 1.68. The van der Waals surface area contributed by atoms with E-state index < -0.39 is 6.04 Å². The van der Waals surface area contributed by atoms with Crippen LogP contribution in [0, 0.1) is 0 Å². The maximum Gasteiger partial charge on any atom is 0.271 e. The van der Waals surface area contributed by atoms with Gasteiger partial charge in [0.2, 0.25) is 0 Å². The first-order valence-corrected chi connectivity index (χ1v) is 14.3. The number of para-hydroxylation sites is 1. The van der Waals surface area contributed by atoms with Crippen molar-refractivity contribution in [1.29, 1.82) is 0 Å². The molecular formula is C30H27Cl2N3O4S. The van der Waals surface area contributed by atoms with Crippen LogP contribution in [0.2, 0.25) is 10.0 Å². The third-order valence-corrected chi connectivity index (χ3v) is 8.38. The van der Waals surface area contributed by atoms with Crippen LogP contribution in [0.15, 0.2) is 80.1 Å². The highest BCUT2D eigenvalue weighted by molar-refractivity contribution is 7.07. The molecule has 2 aromatic heterocycles. The molecule has 0 N–H and O–H groups in total. The van der Waals surface area contributed by atoms with Gasteiger partial charge in [0.25, 0.3) is 11.5 Å². The van der Waals surface area contributed by atoms with Crippen molar-refractivity contribution in [2.75, 3.05) is 20.2 Å². The molecule has 0 saturated carbocycles. The first kappa shape index (κ1) is 28.0. The summed E-state index contributed by atoms with van der Waals surface area (Å²) in [6.45, 7) is 6.74. The number of halogens is 2. The number of fused-ring (bicyclic) bond motifs is 1. The van der Waals surface area contributed by atoms with Crippen LogP contribution in [0.25, 0.3) is 17.4 Å². The number of rotatable bonds is 7. The second kappa shape index (κ2) is 11.5.